The summed E-state index contributed by atoms with van der Waals surface area (Å²) in [5.41, 5.74) is -0.419. The highest BCUT2D eigenvalue weighted by molar-refractivity contribution is 8.69. The van der Waals surface area contributed by atoms with E-state index in [0.29, 0.717) is 23.8 Å². The quantitative estimate of drug-likeness (QED) is 0.404. The van der Waals surface area contributed by atoms with Crippen molar-refractivity contribution in [1.29, 1.82) is 5.26 Å². The van der Waals surface area contributed by atoms with Gasteiger partial charge < -0.3 is 5.32 Å². The first-order valence-electron chi connectivity index (χ1n) is 4.01. The third-order valence-electron chi connectivity index (χ3n) is 1.41. The van der Waals surface area contributed by atoms with Crippen molar-refractivity contribution >= 4 is 19.9 Å². The van der Waals surface area contributed by atoms with E-state index < -0.39 is 14.7 Å². The summed E-state index contributed by atoms with van der Waals surface area (Å²) in [6.07, 6.45) is 0.375. The third kappa shape index (κ3) is 8.31. The van der Waals surface area contributed by atoms with Crippen molar-refractivity contribution in [2.75, 3.05) is 12.3 Å². The second kappa shape index (κ2) is 5.56. The fourth-order valence-electron chi connectivity index (χ4n) is 0.730. The first kappa shape index (κ1) is 13.7. The van der Waals surface area contributed by atoms with Crippen LogP contribution in [0.5, 0.6) is 0 Å². The van der Waals surface area contributed by atoms with E-state index >= 15 is 0 Å². The van der Waals surface area contributed by atoms with E-state index in [9.17, 15) is 8.42 Å². The summed E-state index contributed by atoms with van der Waals surface area (Å²) in [4.78, 5) is 0. The van der Waals surface area contributed by atoms with Gasteiger partial charge in [0, 0.05) is 24.3 Å². The topological polar surface area (TPSA) is 90.2 Å². The molecule has 0 aromatic rings. The molecule has 7 heteroatoms. The molecule has 82 valence electrons. The van der Waals surface area contributed by atoms with Gasteiger partial charge in [-0.1, -0.05) is 0 Å². The molecular formula is C7H14N2O3S2. The fourth-order valence-corrected chi connectivity index (χ4v) is 2.61. The maximum absolute atomic E-state index is 10.4. The van der Waals surface area contributed by atoms with E-state index in [2.05, 4.69) is 5.32 Å². The van der Waals surface area contributed by atoms with Crippen molar-refractivity contribution in [3.63, 3.8) is 0 Å². The van der Waals surface area contributed by atoms with Gasteiger partial charge in [0.15, 0.2) is 0 Å². The predicted molar refractivity (Wildman–Crippen MR) is 56.3 cm³/mol. The summed E-state index contributed by atoms with van der Waals surface area (Å²) >= 11 is 0. The summed E-state index contributed by atoms with van der Waals surface area (Å²) in [5, 5.41) is 11.3. The molecule has 0 saturated carbocycles. The summed E-state index contributed by atoms with van der Waals surface area (Å²) < 4.78 is 29.4. The van der Waals surface area contributed by atoms with Crippen LogP contribution in [0.2, 0.25) is 0 Å². The molecule has 0 aromatic heterocycles. The van der Waals surface area contributed by atoms with Gasteiger partial charge in [-0.25, -0.2) is 0 Å². The molecule has 14 heavy (non-hydrogen) atoms. The summed E-state index contributed by atoms with van der Waals surface area (Å²) in [6, 6.07) is 1.98. The van der Waals surface area contributed by atoms with Crippen molar-refractivity contribution in [3.8, 4) is 6.07 Å². The molecule has 0 amide bonds. The van der Waals surface area contributed by atoms with Gasteiger partial charge in [-0.15, -0.1) is 0 Å². The molecule has 0 atom stereocenters. The van der Waals surface area contributed by atoms with E-state index in [-0.39, 0.29) is 5.75 Å². The minimum Gasteiger partial charge on any atom is -0.310 e. The highest BCUT2D eigenvalue weighted by atomic mass is 33.1. The smallest absolute Gasteiger partial charge is 0.310 e. The molecule has 0 aromatic carbocycles. The first-order chi connectivity index (χ1) is 6.27. The molecule has 0 rings (SSSR count). The van der Waals surface area contributed by atoms with Crippen LogP contribution in [0.25, 0.3) is 0 Å². The number of rotatable bonds is 6. The zero-order valence-electron chi connectivity index (χ0n) is 8.15. The zero-order valence-corrected chi connectivity index (χ0v) is 9.78. The Kier molecular flexibility index (Phi) is 5.44. The van der Waals surface area contributed by atoms with Crippen molar-refractivity contribution in [3.05, 3.63) is 0 Å². The maximum atomic E-state index is 10.4. The summed E-state index contributed by atoms with van der Waals surface area (Å²) in [6.45, 7) is 4.13. The molecule has 0 radical (unpaired) electrons. The minimum absolute atomic E-state index is 0.233. The van der Waals surface area contributed by atoms with E-state index in [1.165, 1.54) is 0 Å². The molecule has 0 bridgehead atoms. The Morgan fingerprint density at radius 1 is 1.57 bits per heavy atom. The number of nitriles is 1. The molecular weight excluding hydrogens is 224 g/mol. The Labute approximate surface area is 88.0 Å². The van der Waals surface area contributed by atoms with E-state index in [0.717, 1.165) is 0 Å². The SMILES string of the molecule is CC(C)(CSS(=O)(=O)O)NCCC#N. The molecule has 0 aliphatic carbocycles. The van der Waals surface area contributed by atoms with E-state index in [1.807, 2.05) is 19.9 Å². The van der Waals surface area contributed by atoms with Crippen molar-refractivity contribution in [2.24, 2.45) is 0 Å². The van der Waals surface area contributed by atoms with Gasteiger partial charge in [0.1, 0.15) is 0 Å². The van der Waals surface area contributed by atoms with Gasteiger partial charge in [0.2, 0.25) is 0 Å². The molecule has 0 aliphatic heterocycles. The minimum atomic E-state index is -3.98. The van der Waals surface area contributed by atoms with Gasteiger partial charge in [0.05, 0.1) is 6.07 Å². The first-order valence-corrected chi connectivity index (χ1v) is 6.95. The van der Waals surface area contributed by atoms with Gasteiger partial charge >= 0.3 is 9.15 Å². The van der Waals surface area contributed by atoms with Gasteiger partial charge in [-0.2, -0.15) is 13.7 Å². The maximum Gasteiger partial charge on any atom is 0.319 e. The zero-order chi connectivity index (χ0) is 11.2. The van der Waals surface area contributed by atoms with Crippen LogP contribution in [0, 0.1) is 11.3 Å². The molecule has 0 fully saturated rings. The number of nitrogens with one attached hydrogen (secondary N) is 1. The number of hydrogen-bond donors (Lipinski definition) is 2. The summed E-state index contributed by atoms with van der Waals surface area (Å²) in [7, 11) is -3.50. The van der Waals surface area contributed by atoms with Crippen molar-refractivity contribution in [2.45, 2.75) is 25.8 Å². The van der Waals surface area contributed by atoms with Crippen LogP contribution in [0.15, 0.2) is 0 Å². The molecule has 0 aliphatic rings. The third-order valence-corrected chi connectivity index (χ3v) is 3.79. The second-order valence-electron chi connectivity index (χ2n) is 3.41. The standard InChI is InChI=1S/C7H14N2O3S2/c1-7(2,9-5-3-4-8)6-13-14(10,11)12/h9H,3,5-6H2,1-2H3,(H,10,11,12). The van der Waals surface area contributed by atoms with Crippen LogP contribution in [0.1, 0.15) is 20.3 Å². The van der Waals surface area contributed by atoms with E-state index in [1.54, 1.807) is 0 Å². The number of nitrogens with zero attached hydrogens (tertiary/aromatic N) is 1. The van der Waals surface area contributed by atoms with Gasteiger partial charge in [-0.05, 0) is 24.6 Å². The van der Waals surface area contributed by atoms with E-state index in [4.69, 9.17) is 9.81 Å². The fraction of sp³-hybridized carbons (Fsp3) is 0.857. The lowest BCUT2D eigenvalue weighted by atomic mass is 10.1. The monoisotopic (exact) mass is 238 g/mol. The Bertz CT molecular complexity index is 305. The molecule has 0 heterocycles. The Hall–Kier alpha value is -0.290. The van der Waals surface area contributed by atoms with Crippen molar-refractivity contribution < 1.29 is 13.0 Å². The molecule has 0 spiro atoms. The molecule has 5 nitrogen and oxygen atoms in total. The van der Waals surface area contributed by atoms with Crippen LogP contribution in [0.3, 0.4) is 0 Å². The Morgan fingerprint density at radius 2 is 2.14 bits per heavy atom. The second-order valence-corrected chi connectivity index (χ2v) is 6.76. The van der Waals surface area contributed by atoms with Crippen LogP contribution in [-0.4, -0.2) is 30.8 Å². The van der Waals surface area contributed by atoms with Crippen LogP contribution in [0.4, 0.5) is 0 Å². The van der Waals surface area contributed by atoms with Crippen LogP contribution >= 0.6 is 10.8 Å². The lowest BCUT2D eigenvalue weighted by molar-refractivity contribution is 0.439. The summed E-state index contributed by atoms with van der Waals surface area (Å²) in [5.74, 6) is 0.233. The lowest BCUT2D eigenvalue weighted by Gasteiger charge is -2.24. The molecule has 0 unspecified atom stereocenters. The van der Waals surface area contributed by atoms with Gasteiger partial charge in [0.25, 0.3) is 0 Å². The Morgan fingerprint density at radius 3 is 2.57 bits per heavy atom. The van der Waals surface area contributed by atoms with Crippen LogP contribution < -0.4 is 5.32 Å². The average molecular weight is 238 g/mol. The van der Waals surface area contributed by atoms with Crippen molar-refractivity contribution in [1.82, 2.24) is 5.32 Å². The highest BCUT2D eigenvalue weighted by Crippen LogP contribution is 2.17. The highest BCUT2D eigenvalue weighted by Gasteiger charge is 2.20. The lowest BCUT2D eigenvalue weighted by Crippen LogP contribution is -2.42. The Balaban J connectivity index is 3.90. The predicted octanol–water partition coefficient (Wildman–Crippen LogP) is 0.804. The number of hydrogen-bond acceptors (Lipinski definition) is 5. The van der Waals surface area contributed by atoms with Gasteiger partial charge in [-0.3, -0.25) is 4.55 Å². The largest absolute Gasteiger partial charge is 0.319 e. The van der Waals surface area contributed by atoms with Crippen LogP contribution in [-0.2, 0) is 9.15 Å². The normalized spacial score (nSPS) is 12.4. The molecule has 2 N–H and O–H groups in total. The average Bonchev–Trinajstić information content (AvgIpc) is 2.00. The molecule has 0 saturated heterocycles.